The predicted molar refractivity (Wildman–Crippen MR) is 41.4 cm³/mol. The Bertz CT molecular complexity index is 339. The number of halogens is 3. The van der Waals surface area contributed by atoms with Gasteiger partial charge >= 0.3 is 6.18 Å². The second-order valence-corrected chi connectivity index (χ2v) is 2.85. The zero-order valence-corrected chi connectivity index (χ0v) is 7.01. The van der Waals surface area contributed by atoms with E-state index < -0.39 is 11.7 Å². The molecule has 0 unspecified atom stereocenters. The summed E-state index contributed by atoms with van der Waals surface area (Å²) in [4.78, 5) is 2.60. The molecule has 0 aliphatic carbocycles. The third kappa shape index (κ3) is 2.07. The maximum atomic E-state index is 12.1. The molecule has 0 atom stereocenters. The maximum absolute atomic E-state index is 12.1. The topological polar surface area (TPSA) is 15.8 Å². The van der Waals surface area contributed by atoms with Crippen LogP contribution in [0.15, 0.2) is 12.1 Å². The molecule has 0 amide bonds. The fourth-order valence-corrected chi connectivity index (χ4v) is 1.13. The third-order valence-electron chi connectivity index (χ3n) is 1.31. The lowest BCUT2D eigenvalue weighted by Crippen LogP contribution is -2.05. The predicted octanol–water partition coefficient (Wildman–Crippen LogP) is 3.07. The van der Waals surface area contributed by atoms with Crippen molar-refractivity contribution >= 4 is 12.2 Å². The minimum absolute atomic E-state index is 0.0994. The molecule has 1 aromatic rings. The maximum Gasteiger partial charge on any atom is 0.416 e. The number of aromatic nitrogens is 1. The minimum Gasteiger partial charge on any atom is -0.350 e. The molecule has 0 aliphatic heterocycles. The normalized spacial score (nSPS) is 11.7. The van der Waals surface area contributed by atoms with Gasteiger partial charge in [0.15, 0.2) is 0 Å². The smallest absolute Gasteiger partial charge is 0.350 e. The van der Waals surface area contributed by atoms with Crippen LogP contribution >= 0.6 is 12.2 Å². The van der Waals surface area contributed by atoms with Crippen LogP contribution in [0.2, 0.25) is 0 Å². The van der Waals surface area contributed by atoms with Crippen LogP contribution in [0.3, 0.4) is 0 Å². The lowest BCUT2D eigenvalue weighted by Gasteiger charge is -2.06. The van der Waals surface area contributed by atoms with E-state index in [1.807, 2.05) is 0 Å². The van der Waals surface area contributed by atoms with E-state index in [0.29, 0.717) is 5.69 Å². The van der Waals surface area contributed by atoms with Crippen molar-refractivity contribution in [2.75, 3.05) is 0 Å². The summed E-state index contributed by atoms with van der Waals surface area (Å²) in [5.74, 6) is 0. The molecule has 0 radical (unpaired) electrons. The number of pyridine rings is 1. The van der Waals surface area contributed by atoms with Crippen molar-refractivity contribution in [3.8, 4) is 0 Å². The molecule has 0 aromatic carbocycles. The summed E-state index contributed by atoms with van der Waals surface area (Å²) in [7, 11) is 0. The first kappa shape index (κ1) is 9.25. The molecule has 1 nitrogen and oxygen atoms in total. The third-order valence-corrected chi connectivity index (χ3v) is 1.53. The Labute approximate surface area is 72.2 Å². The minimum atomic E-state index is -4.31. The van der Waals surface area contributed by atoms with E-state index in [1.165, 1.54) is 6.92 Å². The molecule has 1 heterocycles. The van der Waals surface area contributed by atoms with Crippen LogP contribution < -0.4 is 0 Å². The fraction of sp³-hybridized carbons (Fsp3) is 0.286. The van der Waals surface area contributed by atoms with Crippen molar-refractivity contribution in [2.45, 2.75) is 13.1 Å². The summed E-state index contributed by atoms with van der Waals surface area (Å²) in [5.41, 5.74) is -0.293. The van der Waals surface area contributed by atoms with Crippen LogP contribution in [0, 0.1) is 11.6 Å². The van der Waals surface area contributed by atoms with Crippen molar-refractivity contribution in [1.82, 2.24) is 4.98 Å². The number of H-pyrrole nitrogens is 1. The number of aryl methyl sites for hydroxylation is 1. The SMILES string of the molecule is Cc1cc(C(F)(F)F)cc(=S)[nH]1. The standard InChI is InChI=1S/C7H6F3NS/c1-4-2-5(7(8,9)10)3-6(12)11-4/h2-3H,1H3,(H,11,12). The van der Waals surface area contributed by atoms with E-state index in [0.717, 1.165) is 12.1 Å². The Morgan fingerprint density at radius 1 is 1.33 bits per heavy atom. The number of aromatic amines is 1. The van der Waals surface area contributed by atoms with Crippen molar-refractivity contribution < 1.29 is 13.2 Å². The molecule has 66 valence electrons. The highest BCUT2D eigenvalue weighted by Crippen LogP contribution is 2.29. The Balaban J connectivity index is 3.27. The summed E-state index contributed by atoms with van der Waals surface area (Å²) in [6.45, 7) is 1.53. The number of alkyl halides is 3. The van der Waals surface area contributed by atoms with Gasteiger partial charge in [-0.2, -0.15) is 13.2 Å². The summed E-state index contributed by atoms with van der Waals surface area (Å²) >= 11 is 4.60. The van der Waals surface area contributed by atoms with Crippen LogP contribution in [-0.4, -0.2) is 4.98 Å². The zero-order chi connectivity index (χ0) is 9.35. The molecular formula is C7H6F3NS. The van der Waals surface area contributed by atoms with Crippen LogP contribution in [0.1, 0.15) is 11.3 Å². The Morgan fingerprint density at radius 3 is 2.33 bits per heavy atom. The lowest BCUT2D eigenvalue weighted by atomic mass is 10.2. The number of hydrogen-bond acceptors (Lipinski definition) is 1. The van der Waals surface area contributed by atoms with Gasteiger partial charge in [0.25, 0.3) is 0 Å². The first-order valence-corrected chi connectivity index (χ1v) is 3.58. The van der Waals surface area contributed by atoms with Gasteiger partial charge in [-0.1, -0.05) is 12.2 Å². The number of nitrogens with one attached hydrogen (secondary N) is 1. The van der Waals surface area contributed by atoms with E-state index in [9.17, 15) is 13.2 Å². The average molecular weight is 193 g/mol. The Kier molecular flexibility index (Phi) is 2.23. The van der Waals surface area contributed by atoms with Crippen LogP contribution in [0.25, 0.3) is 0 Å². The van der Waals surface area contributed by atoms with Crippen molar-refractivity contribution in [1.29, 1.82) is 0 Å². The largest absolute Gasteiger partial charge is 0.416 e. The Morgan fingerprint density at radius 2 is 1.92 bits per heavy atom. The van der Waals surface area contributed by atoms with Crippen molar-refractivity contribution in [2.24, 2.45) is 0 Å². The van der Waals surface area contributed by atoms with E-state index >= 15 is 0 Å². The van der Waals surface area contributed by atoms with Gasteiger partial charge < -0.3 is 4.98 Å². The summed E-state index contributed by atoms with van der Waals surface area (Å²) < 4.78 is 36.4. The molecule has 0 saturated heterocycles. The second-order valence-electron chi connectivity index (χ2n) is 2.41. The number of rotatable bonds is 0. The van der Waals surface area contributed by atoms with Crippen molar-refractivity contribution in [3.63, 3.8) is 0 Å². The highest BCUT2D eigenvalue weighted by Gasteiger charge is 2.30. The van der Waals surface area contributed by atoms with Crippen LogP contribution in [-0.2, 0) is 6.18 Å². The molecule has 12 heavy (non-hydrogen) atoms. The molecule has 1 N–H and O–H groups in total. The molecule has 5 heteroatoms. The molecule has 0 saturated carbocycles. The van der Waals surface area contributed by atoms with Crippen molar-refractivity contribution in [3.05, 3.63) is 28.0 Å². The highest BCUT2D eigenvalue weighted by molar-refractivity contribution is 7.71. The van der Waals surface area contributed by atoms with Crippen LogP contribution in [0.4, 0.5) is 13.2 Å². The first-order valence-electron chi connectivity index (χ1n) is 3.18. The van der Waals surface area contributed by atoms with E-state index in [1.54, 1.807) is 0 Å². The molecule has 1 rings (SSSR count). The van der Waals surface area contributed by atoms with E-state index in [2.05, 4.69) is 17.2 Å². The zero-order valence-electron chi connectivity index (χ0n) is 6.20. The fourth-order valence-electron chi connectivity index (χ4n) is 0.846. The second kappa shape index (κ2) is 2.90. The number of hydrogen-bond donors (Lipinski definition) is 1. The van der Waals surface area contributed by atoms with E-state index in [4.69, 9.17) is 0 Å². The van der Waals surface area contributed by atoms with E-state index in [-0.39, 0.29) is 4.64 Å². The summed E-state index contributed by atoms with van der Waals surface area (Å²) in [5, 5.41) is 0. The summed E-state index contributed by atoms with van der Waals surface area (Å²) in [6.07, 6.45) is -4.31. The highest BCUT2D eigenvalue weighted by atomic mass is 32.1. The summed E-state index contributed by atoms with van der Waals surface area (Å²) in [6, 6.07) is 1.93. The molecule has 0 aliphatic rings. The van der Waals surface area contributed by atoms with Gasteiger partial charge in [0.1, 0.15) is 4.64 Å². The molecular weight excluding hydrogens is 187 g/mol. The molecule has 0 spiro atoms. The Hall–Kier alpha value is -0.840. The van der Waals surface area contributed by atoms with Crippen LogP contribution in [0.5, 0.6) is 0 Å². The lowest BCUT2D eigenvalue weighted by molar-refractivity contribution is -0.137. The molecule has 0 fully saturated rings. The van der Waals surface area contributed by atoms with Gasteiger partial charge in [0, 0.05) is 5.69 Å². The van der Waals surface area contributed by atoms with Gasteiger partial charge in [-0.3, -0.25) is 0 Å². The van der Waals surface area contributed by atoms with Gasteiger partial charge in [-0.15, -0.1) is 0 Å². The van der Waals surface area contributed by atoms with Gasteiger partial charge in [-0.05, 0) is 19.1 Å². The average Bonchev–Trinajstić information content (AvgIpc) is 1.82. The van der Waals surface area contributed by atoms with Gasteiger partial charge in [0.05, 0.1) is 5.56 Å². The quantitative estimate of drug-likeness (QED) is 0.626. The molecule has 0 bridgehead atoms. The monoisotopic (exact) mass is 193 g/mol. The van der Waals surface area contributed by atoms with Gasteiger partial charge in [-0.25, -0.2) is 0 Å². The first-order chi connectivity index (χ1) is 5.39. The molecule has 1 aromatic heterocycles. The van der Waals surface area contributed by atoms with Gasteiger partial charge in [0.2, 0.25) is 0 Å².